The average molecular weight is 265 g/mol. The number of aromatic amines is 1. The van der Waals surface area contributed by atoms with Gasteiger partial charge in [0.2, 0.25) is 5.91 Å². The first kappa shape index (κ1) is 12.1. The summed E-state index contributed by atoms with van der Waals surface area (Å²) in [6.07, 6.45) is 7.65. The summed E-state index contributed by atoms with van der Waals surface area (Å²) in [5.41, 5.74) is 2.59. The molecule has 0 saturated heterocycles. The zero-order valence-electron chi connectivity index (χ0n) is 10.7. The van der Waals surface area contributed by atoms with Crippen LogP contribution in [0, 0.1) is 0 Å². The zero-order chi connectivity index (χ0) is 12.5. The van der Waals surface area contributed by atoms with E-state index in [4.69, 9.17) is 0 Å². The SMILES string of the molecule is CSCC[C@H]1CC(=O)Nc2n[nH]c(C3CCC3)c21. The minimum atomic E-state index is 0.111. The van der Waals surface area contributed by atoms with E-state index in [0.29, 0.717) is 18.3 Å². The first-order chi connectivity index (χ1) is 8.79. The molecule has 0 unspecified atom stereocenters. The predicted octanol–water partition coefficient (Wildman–Crippen LogP) is 2.86. The van der Waals surface area contributed by atoms with Crippen LogP contribution >= 0.6 is 11.8 Å². The van der Waals surface area contributed by atoms with Gasteiger partial charge in [0.25, 0.3) is 0 Å². The van der Waals surface area contributed by atoms with Gasteiger partial charge in [-0.3, -0.25) is 9.89 Å². The van der Waals surface area contributed by atoms with Gasteiger partial charge in [0.1, 0.15) is 0 Å². The fourth-order valence-electron chi connectivity index (χ4n) is 2.90. The molecule has 1 atom stereocenters. The smallest absolute Gasteiger partial charge is 0.226 e. The predicted molar refractivity (Wildman–Crippen MR) is 74.2 cm³/mol. The van der Waals surface area contributed by atoms with Crippen molar-refractivity contribution in [1.82, 2.24) is 10.2 Å². The van der Waals surface area contributed by atoms with Gasteiger partial charge in [-0.2, -0.15) is 16.9 Å². The molecule has 1 aliphatic heterocycles. The third-order valence-electron chi connectivity index (χ3n) is 4.12. The molecule has 0 radical (unpaired) electrons. The van der Waals surface area contributed by atoms with Crippen molar-refractivity contribution in [3.8, 4) is 0 Å². The highest BCUT2D eigenvalue weighted by atomic mass is 32.2. The molecule has 2 aliphatic rings. The second-order valence-electron chi connectivity index (χ2n) is 5.26. The lowest BCUT2D eigenvalue weighted by Gasteiger charge is -2.29. The van der Waals surface area contributed by atoms with Crippen LogP contribution in [0.5, 0.6) is 0 Å². The number of carbonyl (C=O) groups is 1. The average Bonchev–Trinajstić information content (AvgIpc) is 2.67. The van der Waals surface area contributed by atoms with E-state index in [9.17, 15) is 4.79 Å². The van der Waals surface area contributed by atoms with Gasteiger partial charge in [-0.05, 0) is 37.2 Å². The molecule has 1 amide bonds. The van der Waals surface area contributed by atoms with Crippen molar-refractivity contribution in [3.05, 3.63) is 11.3 Å². The normalized spacial score (nSPS) is 23.4. The van der Waals surface area contributed by atoms with Crippen LogP contribution in [0.2, 0.25) is 0 Å². The summed E-state index contributed by atoms with van der Waals surface area (Å²) in [5.74, 6) is 3.01. The van der Waals surface area contributed by atoms with E-state index in [0.717, 1.165) is 18.0 Å². The second-order valence-corrected chi connectivity index (χ2v) is 6.24. The number of anilines is 1. The highest BCUT2D eigenvalue weighted by molar-refractivity contribution is 7.98. The van der Waals surface area contributed by atoms with E-state index in [1.807, 2.05) is 11.8 Å². The highest BCUT2D eigenvalue weighted by Gasteiger charge is 2.34. The van der Waals surface area contributed by atoms with E-state index >= 15 is 0 Å². The number of nitrogens with one attached hydrogen (secondary N) is 2. The van der Waals surface area contributed by atoms with E-state index < -0.39 is 0 Å². The fourth-order valence-corrected chi connectivity index (χ4v) is 3.42. The van der Waals surface area contributed by atoms with Crippen molar-refractivity contribution in [3.63, 3.8) is 0 Å². The summed E-state index contributed by atoms with van der Waals surface area (Å²) >= 11 is 1.85. The Bertz CT molecular complexity index is 453. The van der Waals surface area contributed by atoms with Crippen LogP contribution in [0.15, 0.2) is 0 Å². The number of amides is 1. The summed E-state index contributed by atoms with van der Waals surface area (Å²) in [4.78, 5) is 11.7. The third-order valence-corrected chi connectivity index (χ3v) is 4.76. The van der Waals surface area contributed by atoms with Gasteiger partial charge in [-0.25, -0.2) is 0 Å². The Hall–Kier alpha value is -0.970. The van der Waals surface area contributed by atoms with Gasteiger partial charge in [0.05, 0.1) is 0 Å². The van der Waals surface area contributed by atoms with Crippen LogP contribution in [0.4, 0.5) is 5.82 Å². The Morgan fingerprint density at radius 3 is 2.94 bits per heavy atom. The first-order valence-electron chi connectivity index (χ1n) is 6.66. The maximum atomic E-state index is 11.7. The van der Waals surface area contributed by atoms with Crippen LogP contribution in [-0.2, 0) is 4.79 Å². The van der Waals surface area contributed by atoms with Gasteiger partial charge < -0.3 is 5.32 Å². The lowest BCUT2D eigenvalue weighted by atomic mass is 9.78. The van der Waals surface area contributed by atoms with Crippen molar-refractivity contribution in [2.45, 2.75) is 43.9 Å². The molecule has 4 nitrogen and oxygen atoms in total. The Labute approximate surface area is 111 Å². The molecule has 3 rings (SSSR count). The van der Waals surface area contributed by atoms with Crippen molar-refractivity contribution < 1.29 is 4.79 Å². The highest BCUT2D eigenvalue weighted by Crippen LogP contribution is 2.44. The number of hydrogen-bond acceptors (Lipinski definition) is 3. The Kier molecular flexibility index (Phi) is 3.33. The first-order valence-corrected chi connectivity index (χ1v) is 8.06. The van der Waals surface area contributed by atoms with Crippen LogP contribution in [0.1, 0.15) is 55.2 Å². The number of thioether (sulfide) groups is 1. The molecule has 1 aromatic heterocycles. The topological polar surface area (TPSA) is 57.8 Å². The minimum absolute atomic E-state index is 0.111. The van der Waals surface area contributed by atoms with Crippen LogP contribution < -0.4 is 5.32 Å². The Morgan fingerprint density at radius 1 is 1.44 bits per heavy atom. The monoisotopic (exact) mass is 265 g/mol. The van der Waals surface area contributed by atoms with E-state index in [-0.39, 0.29) is 5.91 Å². The molecule has 0 bridgehead atoms. The molecule has 1 saturated carbocycles. The standard InChI is InChI=1S/C13H19N3OS/c1-18-6-5-9-7-10(17)14-13-11(9)12(15-16-13)8-3-2-4-8/h8-9H,2-7H2,1H3,(H2,14,15,16,17)/t9-/m0/s1. The van der Waals surface area contributed by atoms with Crippen LogP contribution in [-0.4, -0.2) is 28.1 Å². The Balaban J connectivity index is 1.89. The van der Waals surface area contributed by atoms with Crippen LogP contribution in [0.3, 0.4) is 0 Å². The number of fused-ring (bicyclic) bond motifs is 1. The van der Waals surface area contributed by atoms with Crippen LogP contribution in [0.25, 0.3) is 0 Å². The molecule has 98 valence electrons. The molecular weight excluding hydrogens is 246 g/mol. The second kappa shape index (κ2) is 4.96. The number of nitrogens with zero attached hydrogens (tertiary/aromatic N) is 1. The summed E-state index contributed by atoms with van der Waals surface area (Å²) in [6.45, 7) is 0. The molecule has 0 spiro atoms. The van der Waals surface area contributed by atoms with Gasteiger partial charge in [-0.1, -0.05) is 6.42 Å². The van der Waals surface area contributed by atoms with Gasteiger partial charge in [0.15, 0.2) is 5.82 Å². The maximum absolute atomic E-state index is 11.7. The largest absolute Gasteiger partial charge is 0.309 e. The summed E-state index contributed by atoms with van der Waals surface area (Å²) in [6, 6.07) is 0. The third kappa shape index (κ3) is 2.05. The van der Waals surface area contributed by atoms with Crippen molar-refractivity contribution in [2.24, 2.45) is 0 Å². The number of rotatable bonds is 4. The molecule has 5 heteroatoms. The molecule has 1 fully saturated rings. The van der Waals surface area contributed by atoms with Gasteiger partial charge >= 0.3 is 0 Å². The summed E-state index contributed by atoms with van der Waals surface area (Å²) in [7, 11) is 0. The van der Waals surface area contributed by atoms with Crippen molar-refractivity contribution >= 4 is 23.5 Å². The van der Waals surface area contributed by atoms with Crippen molar-refractivity contribution in [1.29, 1.82) is 0 Å². The maximum Gasteiger partial charge on any atom is 0.226 e. The molecule has 18 heavy (non-hydrogen) atoms. The number of carbonyl (C=O) groups excluding carboxylic acids is 1. The lowest BCUT2D eigenvalue weighted by Crippen LogP contribution is -2.24. The molecule has 1 aliphatic carbocycles. The van der Waals surface area contributed by atoms with Gasteiger partial charge in [-0.15, -0.1) is 0 Å². The van der Waals surface area contributed by atoms with E-state index in [2.05, 4.69) is 21.8 Å². The fraction of sp³-hybridized carbons (Fsp3) is 0.692. The number of aromatic nitrogens is 2. The molecule has 2 N–H and O–H groups in total. The number of hydrogen-bond donors (Lipinski definition) is 2. The van der Waals surface area contributed by atoms with E-state index in [1.165, 1.54) is 30.5 Å². The minimum Gasteiger partial charge on any atom is -0.309 e. The molecule has 1 aromatic rings. The molecular formula is C13H19N3OS. The van der Waals surface area contributed by atoms with Crippen molar-refractivity contribution in [2.75, 3.05) is 17.3 Å². The summed E-state index contributed by atoms with van der Waals surface area (Å²) < 4.78 is 0. The lowest BCUT2D eigenvalue weighted by molar-refractivity contribution is -0.116. The molecule has 0 aromatic carbocycles. The Morgan fingerprint density at radius 2 is 2.28 bits per heavy atom. The van der Waals surface area contributed by atoms with Gasteiger partial charge in [0, 0.05) is 23.6 Å². The molecule has 2 heterocycles. The zero-order valence-corrected chi connectivity index (χ0v) is 11.5. The van der Waals surface area contributed by atoms with E-state index in [1.54, 1.807) is 0 Å². The number of H-pyrrole nitrogens is 1. The quantitative estimate of drug-likeness (QED) is 0.880. The summed E-state index contributed by atoms with van der Waals surface area (Å²) in [5, 5.41) is 10.4.